The third kappa shape index (κ3) is 9.27. The molecule has 0 aliphatic rings. The van der Waals surface area contributed by atoms with E-state index in [1.54, 1.807) is 72.8 Å². The molecular weight excluding hydrogens is 769 g/mol. The maximum absolute atomic E-state index is 13.6. The Morgan fingerprint density at radius 2 is 0.729 bits per heavy atom. The summed E-state index contributed by atoms with van der Waals surface area (Å²) < 4.78 is 60.5. The Morgan fingerprint density at radius 1 is 0.407 bits per heavy atom. The number of hydrogen-bond donors (Lipinski definition) is 0. The number of rotatable bonds is 16. The predicted molar refractivity (Wildman–Crippen MR) is 241 cm³/mol. The van der Waals surface area contributed by atoms with Crippen LogP contribution in [-0.4, -0.2) is 22.4 Å². The molecule has 6 aromatic carbocycles. The van der Waals surface area contributed by atoms with Crippen LogP contribution in [0.25, 0.3) is 11.1 Å². The van der Waals surface area contributed by atoms with Gasteiger partial charge in [0.2, 0.25) is 19.7 Å². The number of benzene rings is 6. The van der Waals surface area contributed by atoms with Crippen LogP contribution in [0.15, 0.2) is 165 Å². The summed E-state index contributed by atoms with van der Waals surface area (Å²) in [7, 11) is -7.45. The molecule has 0 bridgehead atoms. The van der Waals surface area contributed by atoms with Gasteiger partial charge in [-0.25, -0.2) is 16.8 Å². The highest BCUT2D eigenvalue weighted by Gasteiger charge is 2.26. The van der Waals surface area contributed by atoms with Gasteiger partial charge in [-0.3, -0.25) is 0 Å². The van der Waals surface area contributed by atoms with E-state index < -0.39 is 19.7 Å². The van der Waals surface area contributed by atoms with E-state index in [1.165, 1.54) is 11.1 Å². The van der Waals surface area contributed by atoms with Crippen LogP contribution in [-0.2, 0) is 36.9 Å². The lowest BCUT2D eigenvalue weighted by atomic mass is 9.78. The quantitative estimate of drug-likeness (QED) is 0.0971. The predicted octanol–water partition coefficient (Wildman–Crippen LogP) is 13.0. The van der Waals surface area contributed by atoms with Crippen molar-refractivity contribution in [2.75, 3.05) is 0 Å². The van der Waals surface area contributed by atoms with Crippen LogP contribution in [0.2, 0.25) is 0 Å². The third-order valence-corrected chi connectivity index (χ3v) is 16.4. The second-order valence-corrected chi connectivity index (χ2v) is 20.7. The zero-order valence-corrected chi connectivity index (χ0v) is 37.4. The summed E-state index contributed by atoms with van der Waals surface area (Å²) in [5.41, 5.74) is 6.94. The van der Waals surface area contributed by atoms with E-state index in [-0.39, 0.29) is 36.0 Å². The van der Waals surface area contributed by atoms with Crippen molar-refractivity contribution in [2.24, 2.45) is 0 Å². The lowest BCUT2D eigenvalue weighted by molar-refractivity contribution is 0.0802. The average molecular weight is 827 g/mol. The van der Waals surface area contributed by atoms with Crippen molar-refractivity contribution in [1.29, 1.82) is 0 Å². The van der Waals surface area contributed by atoms with Crippen LogP contribution >= 0.6 is 0 Å². The molecule has 0 saturated carbocycles. The second-order valence-electron chi connectivity index (χ2n) is 16.8. The first kappa shape index (κ1) is 43.6. The Labute approximate surface area is 353 Å². The fourth-order valence-electron chi connectivity index (χ4n) is 7.47. The van der Waals surface area contributed by atoms with Crippen LogP contribution in [0.1, 0.15) is 109 Å². The Kier molecular flexibility index (Phi) is 12.8. The highest BCUT2D eigenvalue weighted by Crippen LogP contribution is 2.35. The minimum absolute atomic E-state index is 0.00799. The molecule has 308 valence electrons. The van der Waals surface area contributed by atoms with E-state index in [0.29, 0.717) is 6.42 Å². The lowest BCUT2D eigenvalue weighted by Crippen LogP contribution is -2.30. The zero-order chi connectivity index (χ0) is 42.6. The molecular formula is C52H58O5S2. The highest BCUT2D eigenvalue weighted by molar-refractivity contribution is 7.91. The van der Waals surface area contributed by atoms with Crippen molar-refractivity contribution in [3.63, 3.8) is 0 Å². The van der Waals surface area contributed by atoms with E-state index in [1.807, 2.05) is 24.3 Å². The number of sulfone groups is 2. The summed E-state index contributed by atoms with van der Waals surface area (Å²) in [6, 6.07) is 44.9. The van der Waals surface area contributed by atoms with Crippen molar-refractivity contribution in [3.8, 4) is 16.9 Å². The molecule has 0 radical (unpaired) electrons. The molecule has 59 heavy (non-hydrogen) atoms. The van der Waals surface area contributed by atoms with Crippen molar-refractivity contribution >= 4 is 19.7 Å². The van der Waals surface area contributed by atoms with Gasteiger partial charge in [-0.2, -0.15) is 0 Å². The Morgan fingerprint density at radius 3 is 1.10 bits per heavy atom. The van der Waals surface area contributed by atoms with Gasteiger partial charge in [-0.1, -0.05) is 133 Å². The summed E-state index contributed by atoms with van der Waals surface area (Å²) in [6.45, 7) is 17.4. The molecule has 5 nitrogen and oxygen atoms in total. The number of ether oxygens (including phenoxy) is 1. The smallest absolute Gasteiger partial charge is 0.206 e. The molecule has 0 unspecified atom stereocenters. The first-order chi connectivity index (χ1) is 28.0. The topological polar surface area (TPSA) is 77.5 Å². The summed E-state index contributed by atoms with van der Waals surface area (Å²) in [4.78, 5) is 0.894. The van der Waals surface area contributed by atoms with Gasteiger partial charge in [0.25, 0.3) is 0 Å². The summed E-state index contributed by atoms with van der Waals surface area (Å²) >= 11 is 0. The fraction of sp³-hybridized carbons (Fsp3) is 0.308. The van der Waals surface area contributed by atoms with Crippen molar-refractivity contribution in [1.82, 2.24) is 0 Å². The van der Waals surface area contributed by atoms with Gasteiger partial charge in [0.05, 0.1) is 19.6 Å². The van der Waals surface area contributed by atoms with Crippen molar-refractivity contribution in [2.45, 2.75) is 124 Å². The normalized spacial score (nSPS) is 12.7. The van der Waals surface area contributed by atoms with Gasteiger partial charge < -0.3 is 4.74 Å². The molecule has 7 heteroatoms. The Hall–Kier alpha value is -4.98. The number of hydrogen-bond acceptors (Lipinski definition) is 5. The van der Waals surface area contributed by atoms with E-state index >= 15 is 0 Å². The molecule has 0 atom stereocenters. The molecule has 0 spiro atoms. The molecule has 0 N–H and O–H groups in total. The van der Waals surface area contributed by atoms with Gasteiger partial charge >= 0.3 is 0 Å². The highest BCUT2D eigenvalue weighted by atomic mass is 32.2. The molecule has 0 aliphatic carbocycles. The summed E-state index contributed by atoms with van der Waals surface area (Å²) in [5, 5.41) is 0. The van der Waals surface area contributed by atoms with E-state index in [9.17, 15) is 16.8 Å². The first-order valence-electron chi connectivity index (χ1n) is 20.8. The van der Waals surface area contributed by atoms with Crippen LogP contribution in [0.5, 0.6) is 5.75 Å². The minimum atomic E-state index is -3.75. The molecule has 6 aromatic rings. The van der Waals surface area contributed by atoms with E-state index in [2.05, 4.69) is 104 Å². The van der Waals surface area contributed by atoms with Gasteiger partial charge in [0, 0.05) is 5.41 Å². The molecule has 0 amide bonds. The Balaban J connectivity index is 1.09. The Bertz CT molecular complexity index is 2550. The molecule has 0 fully saturated rings. The molecule has 0 heterocycles. The molecule has 0 saturated heterocycles. The van der Waals surface area contributed by atoms with Crippen LogP contribution in [0.4, 0.5) is 0 Å². The molecule has 6 rings (SSSR count). The third-order valence-electron chi connectivity index (χ3n) is 12.8. The summed E-state index contributed by atoms with van der Waals surface area (Å²) in [5.74, 6) is 0.891. The van der Waals surface area contributed by atoms with Gasteiger partial charge in [-0.15, -0.1) is 0 Å². The zero-order valence-electron chi connectivity index (χ0n) is 35.7. The van der Waals surface area contributed by atoms with E-state index in [4.69, 9.17) is 4.74 Å². The van der Waals surface area contributed by atoms with Crippen molar-refractivity contribution in [3.05, 3.63) is 173 Å². The maximum atomic E-state index is 13.6. The van der Waals surface area contributed by atoms with Gasteiger partial charge in [0.15, 0.2) is 0 Å². The van der Waals surface area contributed by atoms with Crippen LogP contribution in [0, 0.1) is 0 Å². The lowest BCUT2D eigenvalue weighted by Gasteiger charge is -2.30. The monoisotopic (exact) mass is 826 g/mol. The standard InChI is InChI=1S/C52H58O5S2/c1-9-51(7,10-2)44-25-35-49(36-26-44)59(55,56)48-33-19-41(20-34-48)40-17-31-47(32-18-40)58(53,54)46-29-15-39(16-30-46)37-38-13-21-42(22-14-38)50(5,6)43-23-27-45(28-24-43)57-52(8,11-3)12-4/h13-36H,9-12,37H2,1-8H3. The van der Waals surface area contributed by atoms with Crippen LogP contribution < -0.4 is 4.74 Å². The van der Waals surface area contributed by atoms with Crippen LogP contribution in [0.3, 0.4) is 0 Å². The minimum Gasteiger partial charge on any atom is -0.488 e. The molecule has 0 aliphatic heterocycles. The van der Waals surface area contributed by atoms with E-state index in [0.717, 1.165) is 59.3 Å². The fourth-order valence-corrected chi connectivity index (χ4v) is 9.99. The SMILES string of the molecule is CCC(C)(CC)Oc1ccc(C(C)(C)c2ccc(Cc3ccc(S(=O)(=O)c4ccc(-c5ccc(S(=O)(=O)c6ccc(C(C)(CC)CC)cc6)cc5)cc4)cc3)cc2)cc1. The maximum Gasteiger partial charge on any atom is 0.206 e. The van der Waals surface area contributed by atoms with Crippen molar-refractivity contribution < 1.29 is 21.6 Å². The molecule has 0 aromatic heterocycles. The summed E-state index contributed by atoms with van der Waals surface area (Å²) in [6.07, 6.45) is 4.53. The largest absolute Gasteiger partial charge is 0.488 e. The van der Waals surface area contributed by atoms with Gasteiger partial charge in [0.1, 0.15) is 11.4 Å². The first-order valence-corrected chi connectivity index (χ1v) is 23.7. The van der Waals surface area contributed by atoms with Gasteiger partial charge in [-0.05, 0) is 144 Å². The average Bonchev–Trinajstić information content (AvgIpc) is 3.26. The second kappa shape index (κ2) is 17.3.